The lowest BCUT2D eigenvalue weighted by Crippen LogP contribution is -2.03. The Hall–Kier alpha value is -1.19. The van der Waals surface area contributed by atoms with Crippen molar-refractivity contribution in [2.75, 3.05) is 4.31 Å². The summed E-state index contributed by atoms with van der Waals surface area (Å²) >= 11 is 4.38. The maximum absolute atomic E-state index is 4.38. The molecule has 4 heteroatoms. The van der Waals surface area contributed by atoms with Crippen LogP contribution in [0.15, 0.2) is 54.7 Å². The van der Waals surface area contributed by atoms with Crippen LogP contribution in [0.3, 0.4) is 0 Å². The molecule has 1 aromatic heterocycles. The van der Waals surface area contributed by atoms with Crippen LogP contribution in [-0.4, -0.2) is 4.98 Å². The Balaban J connectivity index is 0.00000112. The summed E-state index contributed by atoms with van der Waals surface area (Å²) in [6.45, 7) is 0. The highest BCUT2D eigenvalue weighted by molar-refractivity contribution is 7.82. The van der Waals surface area contributed by atoms with E-state index in [4.69, 9.17) is 0 Å². The lowest BCUT2D eigenvalue weighted by Gasteiger charge is -2.15. The molecule has 0 fully saturated rings. The fraction of sp³-hybridized carbons (Fsp3) is 0. The number of thiol groups is 1. The molecule has 15 heavy (non-hydrogen) atoms. The van der Waals surface area contributed by atoms with E-state index in [-0.39, 0.29) is 12.4 Å². The molecule has 0 aliphatic heterocycles. The van der Waals surface area contributed by atoms with Crippen LogP contribution in [0.1, 0.15) is 0 Å². The van der Waals surface area contributed by atoms with E-state index in [1.165, 1.54) is 0 Å². The van der Waals surface area contributed by atoms with Crippen molar-refractivity contribution in [3.63, 3.8) is 0 Å². The van der Waals surface area contributed by atoms with Crippen molar-refractivity contribution < 1.29 is 0 Å². The van der Waals surface area contributed by atoms with Crippen LogP contribution in [0.4, 0.5) is 11.5 Å². The summed E-state index contributed by atoms with van der Waals surface area (Å²) in [5.41, 5.74) is 1.01. The van der Waals surface area contributed by atoms with Gasteiger partial charge in [-0.05, 0) is 24.3 Å². The third-order valence-corrected chi connectivity index (χ3v) is 2.30. The van der Waals surface area contributed by atoms with Crippen molar-refractivity contribution in [2.45, 2.75) is 0 Å². The molecule has 0 amide bonds. The van der Waals surface area contributed by atoms with E-state index in [1.807, 2.05) is 48.5 Å². The van der Waals surface area contributed by atoms with E-state index < -0.39 is 0 Å². The molecule has 0 saturated heterocycles. The highest BCUT2D eigenvalue weighted by Gasteiger charge is 2.03. The van der Waals surface area contributed by atoms with E-state index in [0.29, 0.717) is 0 Å². The SMILES string of the molecule is Cl.SN(c1ccccc1)c1ccccn1. The molecular weight excluding hydrogens is 228 g/mol. The van der Waals surface area contributed by atoms with Gasteiger partial charge in [0.25, 0.3) is 0 Å². The van der Waals surface area contributed by atoms with Gasteiger partial charge in [-0.15, -0.1) is 12.4 Å². The summed E-state index contributed by atoms with van der Waals surface area (Å²) in [6.07, 6.45) is 1.75. The first-order chi connectivity index (χ1) is 6.88. The third-order valence-electron chi connectivity index (χ3n) is 1.87. The topological polar surface area (TPSA) is 16.1 Å². The van der Waals surface area contributed by atoms with Gasteiger partial charge < -0.3 is 0 Å². The van der Waals surface area contributed by atoms with Gasteiger partial charge in [-0.1, -0.05) is 37.1 Å². The molecule has 2 aromatic rings. The summed E-state index contributed by atoms with van der Waals surface area (Å²) in [5.74, 6) is 0.821. The molecule has 0 aliphatic rings. The molecule has 0 spiro atoms. The molecule has 0 N–H and O–H groups in total. The van der Waals surface area contributed by atoms with Crippen molar-refractivity contribution >= 4 is 36.7 Å². The van der Waals surface area contributed by atoms with E-state index in [2.05, 4.69) is 17.8 Å². The Kier molecular flexibility index (Phi) is 4.46. The summed E-state index contributed by atoms with van der Waals surface area (Å²) in [5, 5.41) is 0. The van der Waals surface area contributed by atoms with Crippen LogP contribution < -0.4 is 4.31 Å². The molecule has 2 nitrogen and oxygen atoms in total. The molecule has 2 rings (SSSR count). The number of anilines is 2. The Morgan fingerprint density at radius 3 is 2.20 bits per heavy atom. The molecule has 0 bridgehead atoms. The van der Waals surface area contributed by atoms with Crippen molar-refractivity contribution in [1.82, 2.24) is 4.98 Å². The molecule has 1 heterocycles. The second kappa shape index (κ2) is 5.63. The van der Waals surface area contributed by atoms with Gasteiger partial charge in [0.15, 0.2) is 0 Å². The fourth-order valence-corrected chi connectivity index (χ4v) is 1.43. The Morgan fingerprint density at radius 2 is 1.60 bits per heavy atom. The minimum absolute atomic E-state index is 0. The number of pyridine rings is 1. The first-order valence-electron chi connectivity index (χ1n) is 4.33. The van der Waals surface area contributed by atoms with Crippen molar-refractivity contribution in [3.8, 4) is 0 Å². The maximum Gasteiger partial charge on any atom is 0.142 e. The van der Waals surface area contributed by atoms with Crippen LogP contribution in [0.25, 0.3) is 0 Å². The van der Waals surface area contributed by atoms with Crippen LogP contribution >= 0.6 is 25.2 Å². The zero-order valence-corrected chi connectivity index (χ0v) is 9.66. The molecule has 0 radical (unpaired) electrons. The summed E-state index contributed by atoms with van der Waals surface area (Å²) in [4.78, 5) is 4.20. The average molecular weight is 239 g/mol. The highest BCUT2D eigenvalue weighted by atomic mass is 35.5. The normalized spacial score (nSPS) is 9.13. The summed E-state index contributed by atoms with van der Waals surface area (Å²) < 4.78 is 1.75. The zero-order valence-electron chi connectivity index (χ0n) is 7.95. The Labute approximate surface area is 101 Å². The smallest absolute Gasteiger partial charge is 0.142 e. The van der Waals surface area contributed by atoms with Crippen molar-refractivity contribution in [1.29, 1.82) is 0 Å². The minimum Gasteiger partial charge on any atom is -0.271 e. The van der Waals surface area contributed by atoms with Gasteiger partial charge in [0.05, 0.1) is 5.69 Å². The number of hydrogen-bond donors (Lipinski definition) is 1. The fourth-order valence-electron chi connectivity index (χ4n) is 1.18. The molecule has 0 unspecified atom stereocenters. The Morgan fingerprint density at radius 1 is 0.933 bits per heavy atom. The van der Waals surface area contributed by atoms with E-state index >= 15 is 0 Å². The second-order valence-corrected chi connectivity index (χ2v) is 3.24. The van der Waals surface area contributed by atoms with Gasteiger partial charge in [0.1, 0.15) is 5.82 Å². The van der Waals surface area contributed by atoms with Crippen molar-refractivity contribution in [2.24, 2.45) is 0 Å². The van der Waals surface area contributed by atoms with Gasteiger partial charge in [-0.3, -0.25) is 4.31 Å². The first-order valence-corrected chi connectivity index (χ1v) is 4.73. The zero-order chi connectivity index (χ0) is 9.80. The molecule has 0 aliphatic carbocycles. The van der Waals surface area contributed by atoms with Crippen LogP contribution in [0, 0.1) is 0 Å². The molecule has 0 atom stereocenters. The monoisotopic (exact) mass is 238 g/mol. The van der Waals surface area contributed by atoms with E-state index in [1.54, 1.807) is 10.5 Å². The van der Waals surface area contributed by atoms with Crippen molar-refractivity contribution in [3.05, 3.63) is 54.7 Å². The number of nitrogens with zero attached hydrogens (tertiary/aromatic N) is 2. The number of hydrogen-bond acceptors (Lipinski definition) is 3. The van der Waals surface area contributed by atoms with Crippen LogP contribution in [0.2, 0.25) is 0 Å². The average Bonchev–Trinajstić information content (AvgIpc) is 2.30. The molecular formula is C11H11ClN2S. The lowest BCUT2D eigenvalue weighted by atomic mass is 10.3. The number of benzene rings is 1. The third kappa shape index (κ3) is 2.88. The van der Waals surface area contributed by atoms with Gasteiger partial charge in [0, 0.05) is 6.20 Å². The maximum atomic E-state index is 4.38. The minimum atomic E-state index is 0. The highest BCUT2D eigenvalue weighted by Crippen LogP contribution is 2.24. The van der Waals surface area contributed by atoms with E-state index in [9.17, 15) is 0 Å². The largest absolute Gasteiger partial charge is 0.271 e. The predicted octanol–water partition coefficient (Wildman–Crippen LogP) is 3.49. The van der Waals surface area contributed by atoms with Crippen LogP contribution in [0.5, 0.6) is 0 Å². The standard InChI is InChI=1S/C11H10N2S.ClH/c14-13(10-6-2-1-3-7-10)11-8-4-5-9-12-11;/h1-9,14H;1H. The van der Waals surface area contributed by atoms with Gasteiger partial charge >= 0.3 is 0 Å². The van der Waals surface area contributed by atoms with E-state index in [0.717, 1.165) is 11.5 Å². The van der Waals surface area contributed by atoms with Gasteiger partial charge in [-0.2, -0.15) is 0 Å². The predicted molar refractivity (Wildman–Crippen MR) is 69.1 cm³/mol. The lowest BCUT2D eigenvalue weighted by molar-refractivity contribution is 1.26. The number of aromatic nitrogens is 1. The Bertz CT molecular complexity index is 354. The van der Waals surface area contributed by atoms with Gasteiger partial charge in [0.2, 0.25) is 0 Å². The quantitative estimate of drug-likeness (QED) is 0.807. The summed E-state index contributed by atoms with van der Waals surface area (Å²) in [7, 11) is 0. The van der Waals surface area contributed by atoms with Crippen LogP contribution in [-0.2, 0) is 0 Å². The first kappa shape index (κ1) is 11.9. The summed E-state index contributed by atoms with van der Waals surface area (Å²) in [6, 6.07) is 15.6. The number of rotatable bonds is 2. The van der Waals surface area contributed by atoms with Gasteiger partial charge in [-0.25, -0.2) is 4.98 Å². The second-order valence-electron chi connectivity index (χ2n) is 2.84. The molecule has 78 valence electrons. The molecule has 0 saturated carbocycles. The number of halogens is 1. The number of para-hydroxylation sites is 1. The molecule has 1 aromatic carbocycles.